The summed E-state index contributed by atoms with van der Waals surface area (Å²) in [5.74, 6) is 0. The molecule has 1 N–H and O–H groups in total. The van der Waals surface area contributed by atoms with Gasteiger partial charge in [0, 0.05) is 18.3 Å². The van der Waals surface area contributed by atoms with Gasteiger partial charge in [-0.05, 0) is 34.0 Å². The van der Waals surface area contributed by atoms with Crippen LogP contribution in [0, 0.1) is 11.3 Å². The van der Waals surface area contributed by atoms with E-state index in [2.05, 4.69) is 35.1 Å². The number of anilines is 1. The van der Waals surface area contributed by atoms with Crippen LogP contribution in [0.15, 0.2) is 18.5 Å². The van der Waals surface area contributed by atoms with Crippen LogP contribution in [0.5, 0.6) is 0 Å². The van der Waals surface area contributed by atoms with Gasteiger partial charge in [-0.15, -0.1) is 0 Å². The van der Waals surface area contributed by atoms with Crippen molar-refractivity contribution in [3.63, 3.8) is 0 Å². The number of aromatic nitrogens is 1. The van der Waals surface area contributed by atoms with Crippen LogP contribution in [0.3, 0.4) is 0 Å². The maximum atomic E-state index is 8.93. The van der Waals surface area contributed by atoms with Gasteiger partial charge in [-0.1, -0.05) is 0 Å². The molecule has 86 valence electrons. The van der Waals surface area contributed by atoms with Crippen LogP contribution in [-0.4, -0.2) is 36.1 Å². The Bertz CT molecular complexity index is 390. The lowest BCUT2D eigenvalue weighted by Crippen LogP contribution is -2.44. The molecule has 0 saturated carbocycles. The smallest absolute Gasteiger partial charge is 0.101 e. The Morgan fingerprint density at radius 1 is 1.50 bits per heavy atom. The average molecular weight is 218 g/mol. The summed E-state index contributed by atoms with van der Waals surface area (Å²) in [4.78, 5) is 6.15. The molecule has 16 heavy (non-hydrogen) atoms. The highest BCUT2D eigenvalue weighted by Gasteiger charge is 2.20. The van der Waals surface area contributed by atoms with E-state index in [9.17, 15) is 0 Å². The zero-order chi connectivity index (χ0) is 12.2. The van der Waals surface area contributed by atoms with E-state index >= 15 is 0 Å². The van der Waals surface area contributed by atoms with Crippen molar-refractivity contribution in [3.8, 4) is 6.07 Å². The Balaban J connectivity index is 2.72. The molecule has 0 saturated heterocycles. The van der Waals surface area contributed by atoms with E-state index in [1.807, 2.05) is 14.1 Å². The predicted octanol–water partition coefficient (Wildman–Crippen LogP) is 1.71. The lowest BCUT2D eigenvalue weighted by molar-refractivity contribution is 0.210. The molecule has 0 bridgehead atoms. The highest BCUT2D eigenvalue weighted by Crippen LogP contribution is 2.15. The van der Waals surface area contributed by atoms with Crippen molar-refractivity contribution in [2.75, 3.05) is 26.0 Å². The molecule has 4 heteroatoms. The van der Waals surface area contributed by atoms with Gasteiger partial charge in [0.1, 0.15) is 6.07 Å². The Morgan fingerprint density at radius 2 is 2.19 bits per heavy atom. The largest absolute Gasteiger partial charge is 0.381 e. The third kappa shape index (κ3) is 2.94. The molecule has 1 rings (SSSR count). The zero-order valence-corrected chi connectivity index (χ0v) is 10.3. The summed E-state index contributed by atoms with van der Waals surface area (Å²) in [7, 11) is 4.08. The van der Waals surface area contributed by atoms with Crippen molar-refractivity contribution in [3.05, 3.63) is 24.0 Å². The van der Waals surface area contributed by atoms with Crippen LogP contribution in [0.25, 0.3) is 0 Å². The SMILES string of the molecule is CN(C)C(C)(C)CNc1cnccc1C#N. The third-order valence-corrected chi connectivity index (χ3v) is 2.86. The van der Waals surface area contributed by atoms with E-state index < -0.39 is 0 Å². The molecule has 1 aromatic rings. The fourth-order valence-electron chi connectivity index (χ4n) is 1.10. The van der Waals surface area contributed by atoms with Gasteiger partial charge in [-0.3, -0.25) is 4.98 Å². The van der Waals surface area contributed by atoms with E-state index in [1.54, 1.807) is 18.5 Å². The van der Waals surface area contributed by atoms with Crippen molar-refractivity contribution in [1.82, 2.24) is 9.88 Å². The summed E-state index contributed by atoms with van der Waals surface area (Å²) in [6, 6.07) is 3.86. The first-order chi connectivity index (χ1) is 7.47. The van der Waals surface area contributed by atoms with Crippen molar-refractivity contribution < 1.29 is 0 Å². The Kier molecular flexibility index (Phi) is 3.86. The van der Waals surface area contributed by atoms with E-state index in [4.69, 9.17) is 5.26 Å². The zero-order valence-electron chi connectivity index (χ0n) is 10.3. The minimum absolute atomic E-state index is 0.0303. The fourth-order valence-corrected chi connectivity index (χ4v) is 1.10. The molecule has 0 radical (unpaired) electrons. The number of likely N-dealkylation sites (N-methyl/N-ethyl adjacent to an activating group) is 1. The van der Waals surface area contributed by atoms with E-state index in [0.717, 1.165) is 12.2 Å². The number of hydrogen-bond acceptors (Lipinski definition) is 4. The van der Waals surface area contributed by atoms with Crippen molar-refractivity contribution in [2.45, 2.75) is 19.4 Å². The molecule has 4 nitrogen and oxygen atoms in total. The second-order valence-corrected chi connectivity index (χ2v) is 4.59. The summed E-state index contributed by atoms with van der Waals surface area (Å²) in [6.45, 7) is 5.05. The quantitative estimate of drug-likeness (QED) is 0.835. The van der Waals surface area contributed by atoms with Crippen LogP contribution >= 0.6 is 0 Å². The molecular weight excluding hydrogens is 200 g/mol. The molecule has 0 aliphatic heterocycles. The normalized spacial score (nSPS) is 11.2. The Hall–Kier alpha value is -1.60. The van der Waals surface area contributed by atoms with Gasteiger partial charge in [0.15, 0.2) is 0 Å². The number of hydrogen-bond donors (Lipinski definition) is 1. The lowest BCUT2D eigenvalue weighted by atomic mass is 10.0. The molecular formula is C12H18N4. The predicted molar refractivity (Wildman–Crippen MR) is 65.2 cm³/mol. The highest BCUT2D eigenvalue weighted by atomic mass is 15.2. The highest BCUT2D eigenvalue weighted by molar-refractivity contribution is 5.55. The first-order valence-electron chi connectivity index (χ1n) is 5.23. The molecule has 0 fully saturated rings. The summed E-state index contributed by atoms with van der Waals surface area (Å²) in [5.41, 5.74) is 1.45. The van der Waals surface area contributed by atoms with Crippen molar-refractivity contribution in [2.24, 2.45) is 0 Å². The lowest BCUT2D eigenvalue weighted by Gasteiger charge is -2.33. The van der Waals surface area contributed by atoms with E-state index in [0.29, 0.717) is 5.56 Å². The number of nitrogens with zero attached hydrogens (tertiary/aromatic N) is 3. The number of nitriles is 1. The first-order valence-corrected chi connectivity index (χ1v) is 5.23. The van der Waals surface area contributed by atoms with Gasteiger partial charge in [-0.2, -0.15) is 5.26 Å². The summed E-state index contributed by atoms with van der Waals surface area (Å²) >= 11 is 0. The molecule has 0 aliphatic rings. The van der Waals surface area contributed by atoms with E-state index in [-0.39, 0.29) is 5.54 Å². The van der Waals surface area contributed by atoms with Gasteiger partial charge >= 0.3 is 0 Å². The van der Waals surface area contributed by atoms with Gasteiger partial charge in [0.2, 0.25) is 0 Å². The van der Waals surface area contributed by atoms with Crippen molar-refractivity contribution in [1.29, 1.82) is 5.26 Å². The fraction of sp³-hybridized carbons (Fsp3) is 0.500. The second-order valence-electron chi connectivity index (χ2n) is 4.59. The Morgan fingerprint density at radius 3 is 2.75 bits per heavy atom. The summed E-state index contributed by atoms with van der Waals surface area (Å²) < 4.78 is 0. The third-order valence-electron chi connectivity index (χ3n) is 2.86. The minimum atomic E-state index is 0.0303. The van der Waals surface area contributed by atoms with Crippen LogP contribution < -0.4 is 5.32 Å². The Labute approximate surface area is 96.9 Å². The minimum Gasteiger partial charge on any atom is -0.381 e. The molecule has 0 spiro atoms. The average Bonchev–Trinajstić information content (AvgIpc) is 2.26. The first kappa shape index (κ1) is 12.5. The molecule has 1 heterocycles. The standard InChI is InChI=1S/C12H18N4/c1-12(2,16(3)4)9-15-11-8-14-6-5-10(11)7-13/h5-6,8,15H,9H2,1-4H3. The van der Waals surface area contributed by atoms with Crippen LogP contribution in [0.2, 0.25) is 0 Å². The molecule has 0 amide bonds. The summed E-state index contributed by atoms with van der Waals surface area (Å²) in [6.07, 6.45) is 3.31. The van der Waals surface area contributed by atoms with Crippen LogP contribution in [0.4, 0.5) is 5.69 Å². The van der Waals surface area contributed by atoms with E-state index in [1.165, 1.54) is 0 Å². The maximum Gasteiger partial charge on any atom is 0.101 e. The number of pyridine rings is 1. The molecule has 0 aliphatic carbocycles. The number of rotatable bonds is 4. The van der Waals surface area contributed by atoms with Crippen LogP contribution in [0.1, 0.15) is 19.4 Å². The van der Waals surface area contributed by atoms with Gasteiger partial charge in [0.05, 0.1) is 17.4 Å². The number of nitrogens with one attached hydrogen (secondary N) is 1. The summed E-state index contributed by atoms with van der Waals surface area (Å²) in [5, 5.41) is 12.2. The maximum absolute atomic E-state index is 8.93. The van der Waals surface area contributed by atoms with Crippen LogP contribution in [-0.2, 0) is 0 Å². The monoisotopic (exact) mass is 218 g/mol. The van der Waals surface area contributed by atoms with Crippen molar-refractivity contribution >= 4 is 5.69 Å². The second kappa shape index (κ2) is 4.95. The molecule has 1 aromatic heterocycles. The molecule has 0 aromatic carbocycles. The topological polar surface area (TPSA) is 52.0 Å². The van der Waals surface area contributed by atoms with Gasteiger partial charge < -0.3 is 10.2 Å². The van der Waals surface area contributed by atoms with Gasteiger partial charge in [-0.25, -0.2) is 0 Å². The van der Waals surface area contributed by atoms with Gasteiger partial charge in [0.25, 0.3) is 0 Å². The molecule has 0 unspecified atom stereocenters. The molecule has 0 atom stereocenters.